The summed E-state index contributed by atoms with van der Waals surface area (Å²) in [6, 6.07) is 0. The molecular weight excluding hydrogens is 331 g/mol. The van der Waals surface area contributed by atoms with Crippen LogP contribution in [-0.2, 0) is 9.59 Å². The fourth-order valence-electron chi connectivity index (χ4n) is 0.930. The Morgan fingerprint density at radius 1 is 1.07 bits per heavy atom. The van der Waals surface area contributed by atoms with E-state index >= 15 is 0 Å². The molecule has 0 N–H and O–H groups in total. The maximum absolute atomic E-state index is 10.2. The van der Waals surface area contributed by atoms with Crippen LogP contribution in [0.25, 0.3) is 0 Å². The van der Waals surface area contributed by atoms with Crippen LogP contribution in [0.15, 0.2) is 0 Å². The number of carboxylic acids is 2. The fourth-order valence-corrected chi connectivity index (χ4v) is 0.930. The molecule has 0 saturated heterocycles. The molecule has 0 aliphatic heterocycles. The number of carbonyl (C=O) groups excluding carboxylic acids is 2. The molecule has 0 amide bonds. The van der Waals surface area contributed by atoms with Crippen molar-refractivity contribution in [2.75, 3.05) is 0 Å². The van der Waals surface area contributed by atoms with Crippen LogP contribution < -0.4 is 127 Å². The number of rotatable bonds is 6. The van der Waals surface area contributed by atoms with E-state index in [-0.39, 0.29) is 123 Å². The minimum Gasteiger partial charge on any atom is -0.549 e. The molecule has 6 heteroatoms. The Morgan fingerprint density at radius 3 is 1.79 bits per heavy atom. The van der Waals surface area contributed by atoms with Gasteiger partial charge in [0.25, 0.3) is 0 Å². The largest absolute Gasteiger partial charge is 1.00 e. The Hall–Kier alpha value is 2.55. The summed E-state index contributed by atoms with van der Waals surface area (Å²) in [5, 5.41) is 20.4. The van der Waals surface area contributed by atoms with Crippen molar-refractivity contribution in [3.8, 4) is 0 Å². The number of aliphatic carboxylic acids is 2. The standard InChI is InChI=1S/C8H14O4.2Rb/c1-2-3-4-5-6(7(9)10)8(11)12;;/h6H,2-5H2,1H3,(H,9,10)(H,11,12);;/q;2*+1/p-2. The van der Waals surface area contributed by atoms with Gasteiger partial charge >= 0.3 is 116 Å². The molecule has 0 aliphatic rings. The van der Waals surface area contributed by atoms with Gasteiger partial charge in [-0.1, -0.05) is 26.2 Å². The van der Waals surface area contributed by atoms with Gasteiger partial charge < -0.3 is 19.8 Å². The van der Waals surface area contributed by atoms with Gasteiger partial charge in [-0.3, -0.25) is 0 Å². The van der Waals surface area contributed by atoms with Crippen molar-refractivity contribution in [1.29, 1.82) is 0 Å². The molecule has 70 valence electrons. The fraction of sp³-hybridized carbons (Fsp3) is 0.750. The van der Waals surface area contributed by atoms with E-state index in [1.165, 1.54) is 0 Å². The summed E-state index contributed by atoms with van der Waals surface area (Å²) in [5.41, 5.74) is 0. The molecule has 0 fully saturated rings. The van der Waals surface area contributed by atoms with E-state index in [2.05, 4.69) is 0 Å². The van der Waals surface area contributed by atoms with Gasteiger partial charge in [-0.25, -0.2) is 0 Å². The van der Waals surface area contributed by atoms with Crippen LogP contribution in [0, 0.1) is 5.92 Å². The van der Waals surface area contributed by atoms with E-state index < -0.39 is 17.9 Å². The molecule has 0 aromatic rings. The number of hydrogen-bond donors (Lipinski definition) is 0. The maximum Gasteiger partial charge on any atom is 1.00 e. The summed E-state index contributed by atoms with van der Waals surface area (Å²) in [5.74, 6) is -4.55. The third-order valence-corrected chi connectivity index (χ3v) is 1.67. The monoisotopic (exact) mass is 342 g/mol. The second kappa shape index (κ2) is 13.6. The van der Waals surface area contributed by atoms with E-state index in [9.17, 15) is 19.8 Å². The Labute approximate surface area is 182 Å². The first-order valence-electron chi connectivity index (χ1n) is 4.01. The molecule has 0 heterocycles. The molecule has 0 spiro atoms. The molecule has 0 saturated carbocycles. The van der Waals surface area contributed by atoms with Crippen LogP contribution in [0.1, 0.15) is 32.6 Å². The van der Waals surface area contributed by atoms with Crippen molar-refractivity contribution in [2.24, 2.45) is 5.92 Å². The predicted molar refractivity (Wildman–Crippen MR) is 37.6 cm³/mol. The number of carbonyl (C=O) groups is 2. The molecule has 0 aromatic heterocycles. The molecule has 4 nitrogen and oxygen atoms in total. The van der Waals surface area contributed by atoms with Crippen molar-refractivity contribution in [1.82, 2.24) is 0 Å². The molecule has 0 aliphatic carbocycles. The molecule has 0 atom stereocenters. The van der Waals surface area contributed by atoms with E-state index in [1.807, 2.05) is 6.92 Å². The van der Waals surface area contributed by atoms with E-state index in [0.717, 1.165) is 12.8 Å². The molecule has 14 heavy (non-hydrogen) atoms. The van der Waals surface area contributed by atoms with Crippen molar-refractivity contribution in [2.45, 2.75) is 32.6 Å². The topological polar surface area (TPSA) is 80.3 Å². The van der Waals surface area contributed by atoms with Gasteiger partial charge in [-0.2, -0.15) is 0 Å². The van der Waals surface area contributed by atoms with Gasteiger partial charge in [0, 0.05) is 5.92 Å². The zero-order chi connectivity index (χ0) is 9.56. The smallest absolute Gasteiger partial charge is 0.549 e. The second-order valence-corrected chi connectivity index (χ2v) is 2.69. The molecule has 0 aromatic carbocycles. The van der Waals surface area contributed by atoms with E-state index in [1.54, 1.807) is 0 Å². The van der Waals surface area contributed by atoms with Crippen LogP contribution in [0.5, 0.6) is 0 Å². The summed E-state index contributed by atoms with van der Waals surface area (Å²) in [7, 11) is 0. The molecule has 0 radical (unpaired) electrons. The second-order valence-electron chi connectivity index (χ2n) is 2.69. The number of unbranched alkanes of at least 4 members (excludes halogenated alkanes) is 2. The van der Waals surface area contributed by atoms with Gasteiger partial charge in [0.15, 0.2) is 0 Å². The number of carboxylic acid groups (broad SMARTS) is 2. The van der Waals surface area contributed by atoms with Gasteiger partial charge in [0.2, 0.25) is 0 Å². The first-order valence-corrected chi connectivity index (χ1v) is 4.01. The third-order valence-electron chi connectivity index (χ3n) is 1.67. The van der Waals surface area contributed by atoms with Gasteiger partial charge in [-0.15, -0.1) is 0 Å². The predicted octanol–water partition coefficient (Wildman–Crippen LogP) is -7.31. The van der Waals surface area contributed by atoms with Crippen LogP contribution in [0.2, 0.25) is 0 Å². The third kappa shape index (κ3) is 11.0. The van der Waals surface area contributed by atoms with Gasteiger partial charge in [-0.05, 0) is 6.42 Å². The van der Waals surface area contributed by atoms with Crippen molar-refractivity contribution >= 4 is 11.9 Å². The summed E-state index contributed by atoms with van der Waals surface area (Å²) in [4.78, 5) is 20.4. The zero-order valence-corrected chi connectivity index (χ0v) is 18.9. The normalized spacial score (nSPS) is 8.71. The van der Waals surface area contributed by atoms with Crippen molar-refractivity contribution in [3.05, 3.63) is 0 Å². The Morgan fingerprint density at radius 2 is 1.50 bits per heavy atom. The minimum absolute atomic E-state index is 0. The van der Waals surface area contributed by atoms with Crippen LogP contribution >= 0.6 is 0 Å². The Kier molecular flexibility index (Phi) is 21.2. The van der Waals surface area contributed by atoms with Gasteiger partial charge in [0.05, 0.1) is 11.9 Å². The summed E-state index contributed by atoms with van der Waals surface area (Å²) in [6.45, 7) is 1.95. The Balaban J connectivity index is -0.000000605. The molecule has 0 bridgehead atoms. The summed E-state index contributed by atoms with van der Waals surface area (Å²) in [6.07, 6.45) is 2.45. The quantitative estimate of drug-likeness (QED) is 0.355. The molecule has 0 rings (SSSR count). The number of hydrogen-bond acceptors (Lipinski definition) is 4. The van der Waals surface area contributed by atoms with Crippen molar-refractivity contribution in [3.63, 3.8) is 0 Å². The minimum atomic E-state index is -1.55. The van der Waals surface area contributed by atoms with E-state index in [4.69, 9.17) is 0 Å². The molecule has 0 unspecified atom stereocenters. The zero-order valence-electron chi connectivity index (χ0n) is 9.04. The first kappa shape index (κ1) is 21.8. The first-order chi connectivity index (χ1) is 5.59. The SMILES string of the molecule is CCCCCC(C(=O)[O-])C(=O)[O-].[Rb+].[Rb+]. The average molecular weight is 343 g/mol. The van der Waals surface area contributed by atoms with Crippen LogP contribution in [0.4, 0.5) is 0 Å². The average Bonchev–Trinajstić information content (AvgIpc) is 1.96. The Bertz CT molecular complexity index is 159. The van der Waals surface area contributed by atoms with Crippen LogP contribution in [-0.4, -0.2) is 11.9 Å². The summed E-state index contributed by atoms with van der Waals surface area (Å²) >= 11 is 0. The summed E-state index contributed by atoms with van der Waals surface area (Å²) < 4.78 is 0. The van der Waals surface area contributed by atoms with Crippen LogP contribution in [0.3, 0.4) is 0 Å². The maximum atomic E-state index is 10.2. The van der Waals surface area contributed by atoms with Gasteiger partial charge in [0.1, 0.15) is 0 Å². The molecular formula is C8H12O4Rb2. The van der Waals surface area contributed by atoms with E-state index in [0.29, 0.717) is 6.42 Å². The van der Waals surface area contributed by atoms with Crippen molar-refractivity contribution < 1.29 is 136 Å².